The molecule has 210 valence electrons. The number of para-hydroxylation sites is 1. The molecule has 1 heterocycles. The van der Waals surface area contributed by atoms with Crippen LogP contribution in [0.4, 0.5) is 11.4 Å². The number of carbonyl (C=O) groups excluding carboxylic acids is 2. The summed E-state index contributed by atoms with van der Waals surface area (Å²) in [4.78, 5) is 41.6. The monoisotopic (exact) mass is 592 g/mol. The van der Waals surface area contributed by atoms with Crippen molar-refractivity contribution in [3.63, 3.8) is 0 Å². The highest BCUT2D eigenvalue weighted by molar-refractivity contribution is 6.38. The minimum Gasteiger partial charge on any atom is -0.487 e. The number of halogens is 2. The smallest absolute Gasteiger partial charge is 0.272 e. The molecule has 0 fully saturated rings. The average molecular weight is 593 g/mol. The highest BCUT2D eigenvalue weighted by Gasteiger charge is 2.19. The number of nitrogens with zero attached hydrogens (tertiary/aromatic N) is 3. The molecule has 0 aliphatic carbocycles. The van der Waals surface area contributed by atoms with Crippen molar-refractivity contribution in [1.82, 2.24) is 10.3 Å². The van der Waals surface area contributed by atoms with Crippen molar-refractivity contribution >= 4 is 63.4 Å². The second-order valence-corrected chi connectivity index (χ2v) is 10.0. The first-order valence-corrected chi connectivity index (χ1v) is 13.2. The third-order valence-electron chi connectivity index (χ3n) is 6.35. The standard InChI is InChI=1S/C30H26Cl2N4O5/c1-18-15-20(8-12-24(18)36(39)40)9-14-27(37)33-16-28(38)35(3)25-13-11-23(31)22(29(25)32)17-41-26-6-4-5-21-10-7-19(2)34-30(21)26/h4-15H,16-17H2,1-3H3,(H,33,37)/b14-9+. The Morgan fingerprint density at radius 2 is 1.88 bits per heavy atom. The van der Waals surface area contributed by atoms with E-state index in [2.05, 4.69) is 10.3 Å². The number of rotatable bonds is 9. The molecule has 11 heteroatoms. The molecule has 0 saturated heterocycles. The second kappa shape index (κ2) is 12.8. The van der Waals surface area contributed by atoms with Crippen LogP contribution >= 0.6 is 23.2 Å². The average Bonchev–Trinajstić information content (AvgIpc) is 2.94. The molecule has 4 rings (SSSR count). The van der Waals surface area contributed by atoms with Gasteiger partial charge in [0.1, 0.15) is 17.9 Å². The summed E-state index contributed by atoms with van der Waals surface area (Å²) in [6.07, 6.45) is 2.76. The summed E-state index contributed by atoms with van der Waals surface area (Å²) in [6.45, 7) is 3.28. The molecule has 2 amide bonds. The maximum absolute atomic E-state index is 12.9. The Balaban J connectivity index is 1.41. The fourth-order valence-corrected chi connectivity index (χ4v) is 4.70. The number of hydrogen-bond donors (Lipinski definition) is 1. The number of likely N-dealkylation sites (N-methyl/N-ethyl adjacent to an activating group) is 1. The minimum absolute atomic E-state index is 0.00327. The lowest BCUT2D eigenvalue weighted by molar-refractivity contribution is -0.385. The Hall–Kier alpha value is -4.47. The fourth-order valence-electron chi connectivity index (χ4n) is 4.09. The molecule has 4 aromatic rings. The summed E-state index contributed by atoms with van der Waals surface area (Å²) in [5.74, 6) is -0.339. The molecule has 3 aromatic carbocycles. The van der Waals surface area contributed by atoms with E-state index in [4.69, 9.17) is 27.9 Å². The van der Waals surface area contributed by atoms with Crippen molar-refractivity contribution in [3.05, 3.63) is 109 Å². The van der Waals surface area contributed by atoms with Gasteiger partial charge in [-0.1, -0.05) is 41.4 Å². The van der Waals surface area contributed by atoms with E-state index in [0.717, 1.165) is 16.6 Å². The summed E-state index contributed by atoms with van der Waals surface area (Å²) in [6, 6.07) is 17.3. The molecule has 0 saturated carbocycles. The molecule has 0 aliphatic heterocycles. The number of ether oxygens (including phenoxy) is 1. The lowest BCUT2D eigenvalue weighted by Gasteiger charge is -2.21. The summed E-state index contributed by atoms with van der Waals surface area (Å²) in [7, 11) is 1.54. The zero-order chi connectivity index (χ0) is 29.7. The van der Waals surface area contributed by atoms with Gasteiger partial charge in [0.25, 0.3) is 5.69 Å². The van der Waals surface area contributed by atoms with Gasteiger partial charge in [-0.2, -0.15) is 0 Å². The fraction of sp³-hybridized carbons (Fsp3) is 0.167. The topological polar surface area (TPSA) is 115 Å². The van der Waals surface area contributed by atoms with E-state index in [0.29, 0.717) is 33.1 Å². The van der Waals surface area contributed by atoms with Crippen molar-refractivity contribution in [1.29, 1.82) is 0 Å². The molecule has 0 aliphatic rings. The van der Waals surface area contributed by atoms with Crippen LogP contribution in [0.5, 0.6) is 5.75 Å². The van der Waals surface area contributed by atoms with Crippen LogP contribution < -0.4 is 15.0 Å². The van der Waals surface area contributed by atoms with Crippen LogP contribution in [0.15, 0.2) is 66.7 Å². The SMILES string of the molecule is Cc1ccc2cccc(OCc3c(Cl)ccc(N(C)C(=O)CNC(=O)/C=C/c4ccc([N+](=O)[O-])c(C)c4)c3Cl)c2n1. The summed E-state index contributed by atoms with van der Waals surface area (Å²) < 4.78 is 6.05. The Bertz CT molecular complexity index is 1690. The lowest BCUT2D eigenvalue weighted by atomic mass is 10.1. The predicted molar refractivity (Wildman–Crippen MR) is 161 cm³/mol. The van der Waals surface area contributed by atoms with Gasteiger partial charge in [0, 0.05) is 46.4 Å². The molecule has 9 nitrogen and oxygen atoms in total. The first-order chi connectivity index (χ1) is 19.5. The van der Waals surface area contributed by atoms with E-state index < -0.39 is 16.7 Å². The number of nitro benzene ring substituents is 1. The molecular formula is C30H26Cl2N4O5. The van der Waals surface area contributed by atoms with Crippen molar-refractivity contribution in [3.8, 4) is 5.75 Å². The number of benzene rings is 3. The van der Waals surface area contributed by atoms with Gasteiger partial charge in [-0.3, -0.25) is 19.7 Å². The van der Waals surface area contributed by atoms with Gasteiger partial charge in [-0.15, -0.1) is 0 Å². The zero-order valence-electron chi connectivity index (χ0n) is 22.5. The van der Waals surface area contributed by atoms with E-state index in [-0.39, 0.29) is 23.9 Å². The van der Waals surface area contributed by atoms with Crippen molar-refractivity contribution in [2.75, 3.05) is 18.5 Å². The Labute approximate surface area is 246 Å². The molecule has 1 N–H and O–H groups in total. The first kappa shape index (κ1) is 29.5. The van der Waals surface area contributed by atoms with E-state index in [9.17, 15) is 19.7 Å². The Morgan fingerprint density at radius 1 is 1.10 bits per heavy atom. The van der Waals surface area contributed by atoms with Gasteiger partial charge in [-0.25, -0.2) is 4.98 Å². The number of nitrogens with one attached hydrogen (secondary N) is 1. The van der Waals surface area contributed by atoms with Crippen molar-refractivity contribution in [2.45, 2.75) is 20.5 Å². The molecule has 41 heavy (non-hydrogen) atoms. The number of aryl methyl sites for hydroxylation is 2. The highest BCUT2D eigenvalue weighted by Crippen LogP contribution is 2.35. The summed E-state index contributed by atoms with van der Waals surface area (Å²) in [5, 5.41) is 15.1. The minimum atomic E-state index is -0.502. The maximum Gasteiger partial charge on any atom is 0.272 e. The summed E-state index contributed by atoms with van der Waals surface area (Å²) >= 11 is 13.1. The number of nitro groups is 1. The second-order valence-electron chi connectivity index (χ2n) is 9.24. The van der Waals surface area contributed by atoms with Crippen molar-refractivity contribution < 1.29 is 19.2 Å². The molecule has 0 bridgehead atoms. The molecule has 0 unspecified atom stereocenters. The van der Waals surface area contributed by atoms with E-state index in [1.54, 1.807) is 32.2 Å². The third-order valence-corrected chi connectivity index (χ3v) is 7.13. The van der Waals surface area contributed by atoms with Gasteiger partial charge in [-0.05, 0) is 61.9 Å². The Morgan fingerprint density at radius 3 is 2.61 bits per heavy atom. The van der Waals surface area contributed by atoms with Gasteiger partial charge in [0.05, 0.1) is 22.2 Å². The maximum atomic E-state index is 12.9. The number of amides is 2. The molecule has 0 radical (unpaired) electrons. The van der Waals surface area contributed by atoms with Gasteiger partial charge in [0.15, 0.2) is 0 Å². The Kier molecular flexibility index (Phi) is 9.21. The van der Waals surface area contributed by atoms with Crippen LogP contribution in [0.3, 0.4) is 0 Å². The number of pyridine rings is 1. The van der Waals surface area contributed by atoms with Crippen LogP contribution in [0.2, 0.25) is 10.0 Å². The molecule has 1 aromatic heterocycles. The van der Waals surface area contributed by atoms with E-state index in [1.165, 1.54) is 29.2 Å². The number of hydrogen-bond acceptors (Lipinski definition) is 6. The van der Waals surface area contributed by atoms with Crippen LogP contribution in [-0.4, -0.2) is 35.3 Å². The highest BCUT2D eigenvalue weighted by atomic mass is 35.5. The number of anilines is 1. The van der Waals surface area contributed by atoms with Crippen LogP contribution in [0.25, 0.3) is 17.0 Å². The molecule has 0 atom stereocenters. The van der Waals surface area contributed by atoms with Gasteiger partial charge >= 0.3 is 0 Å². The first-order valence-electron chi connectivity index (χ1n) is 12.5. The quantitative estimate of drug-likeness (QED) is 0.136. The van der Waals surface area contributed by atoms with E-state index in [1.807, 2.05) is 37.3 Å². The molecule has 0 spiro atoms. The largest absolute Gasteiger partial charge is 0.487 e. The van der Waals surface area contributed by atoms with E-state index >= 15 is 0 Å². The number of carbonyl (C=O) groups is 2. The van der Waals surface area contributed by atoms with Crippen molar-refractivity contribution in [2.24, 2.45) is 0 Å². The third kappa shape index (κ3) is 7.00. The van der Waals surface area contributed by atoms with Crippen LogP contribution in [0.1, 0.15) is 22.4 Å². The predicted octanol–water partition coefficient (Wildman–Crippen LogP) is 6.44. The van der Waals surface area contributed by atoms with Crippen LogP contribution in [-0.2, 0) is 16.2 Å². The molecular weight excluding hydrogens is 567 g/mol. The summed E-state index contributed by atoms with van der Waals surface area (Å²) in [5.41, 5.74) is 3.56. The normalized spacial score (nSPS) is 11.0. The van der Waals surface area contributed by atoms with Gasteiger partial charge < -0.3 is 15.0 Å². The zero-order valence-corrected chi connectivity index (χ0v) is 24.0. The lowest BCUT2D eigenvalue weighted by Crippen LogP contribution is -2.37. The van der Waals surface area contributed by atoms with Crippen LogP contribution in [0, 0.1) is 24.0 Å². The number of fused-ring (bicyclic) bond motifs is 1. The number of aromatic nitrogens is 1. The van der Waals surface area contributed by atoms with Gasteiger partial charge in [0.2, 0.25) is 11.8 Å².